The van der Waals surface area contributed by atoms with Gasteiger partial charge in [-0.05, 0) is 22.0 Å². The lowest BCUT2D eigenvalue weighted by Gasteiger charge is -2.15. The average Bonchev–Trinajstić information content (AvgIpc) is 2.25. The summed E-state index contributed by atoms with van der Waals surface area (Å²) >= 11 is 2.66. The van der Waals surface area contributed by atoms with E-state index in [4.69, 9.17) is 5.73 Å². The van der Waals surface area contributed by atoms with Crippen LogP contribution in [-0.4, -0.2) is 27.4 Å². The van der Waals surface area contributed by atoms with Crippen LogP contribution < -0.4 is 10.5 Å². The molecule has 1 aromatic carbocycles. The Kier molecular flexibility index (Phi) is 4.93. The first-order chi connectivity index (χ1) is 8.59. The van der Waals surface area contributed by atoms with Gasteiger partial charge in [0.05, 0.1) is 13.1 Å². The lowest BCUT2D eigenvalue weighted by molar-refractivity contribution is 0.0170. The van der Waals surface area contributed by atoms with E-state index in [9.17, 15) is 26.0 Å². The molecule has 108 valence electrons. The SMILES string of the molecule is NCC(F)(F)CNS(=O)(=O)c1c(F)cc(F)cc1Br. The molecule has 0 unspecified atom stereocenters. The Hall–Kier alpha value is -0.710. The van der Waals surface area contributed by atoms with Crippen molar-refractivity contribution in [1.29, 1.82) is 0 Å². The second kappa shape index (κ2) is 5.73. The fourth-order valence-electron chi connectivity index (χ4n) is 1.13. The number of nitrogens with one attached hydrogen (secondary N) is 1. The van der Waals surface area contributed by atoms with E-state index in [-0.39, 0.29) is 0 Å². The Labute approximate surface area is 115 Å². The van der Waals surface area contributed by atoms with Crippen LogP contribution in [0.4, 0.5) is 17.6 Å². The molecule has 0 amide bonds. The summed E-state index contributed by atoms with van der Waals surface area (Å²) < 4.78 is 76.4. The van der Waals surface area contributed by atoms with Crippen LogP contribution in [0.1, 0.15) is 0 Å². The van der Waals surface area contributed by atoms with E-state index < -0.39 is 50.0 Å². The third-order valence-corrected chi connectivity index (χ3v) is 4.42. The number of hydrogen-bond acceptors (Lipinski definition) is 3. The first-order valence-corrected chi connectivity index (χ1v) is 7.09. The van der Waals surface area contributed by atoms with Gasteiger partial charge in [0.15, 0.2) is 0 Å². The van der Waals surface area contributed by atoms with Gasteiger partial charge in [0.2, 0.25) is 10.0 Å². The van der Waals surface area contributed by atoms with E-state index in [2.05, 4.69) is 15.9 Å². The molecule has 4 nitrogen and oxygen atoms in total. The molecule has 0 radical (unpaired) electrons. The fourth-order valence-corrected chi connectivity index (χ4v) is 3.35. The van der Waals surface area contributed by atoms with Gasteiger partial charge in [0, 0.05) is 10.5 Å². The number of halogens is 5. The number of hydrogen-bond donors (Lipinski definition) is 2. The molecule has 3 N–H and O–H groups in total. The van der Waals surface area contributed by atoms with Crippen molar-refractivity contribution < 1.29 is 26.0 Å². The maximum absolute atomic E-state index is 13.4. The summed E-state index contributed by atoms with van der Waals surface area (Å²) in [6.45, 7) is -2.35. The summed E-state index contributed by atoms with van der Waals surface area (Å²) in [5, 5.41) is 0. The van der Waals surface area contributed by atoms with E-state index in [0.29, 0.717) is 12.1 Å². The van der Waals surface area contributed by atoms with Crippen LogP contribution in [0.5, 0.6) is 0 Å². The van der Waals surface area contributed by atoms with E-state index in [1.807, 2.05) is 0 Å². The molecule has 1 rings (SSSR count). The zero-order valence-corrected chi connectivity index (χ0v) is 11.7. The minimum Gasteiger partial charge on any atom is -0.325 e. The predicted octanol–water partition coefficient (Wildman–Crippen LogP) is 1.60. The highest BCUT2D eigenvalue weighted by atomic mass is 79.9. The van der Waals surface area contributed by atoms with Gasteiger partial charge in [-0.15, -0.1) is 0 Å². The van der Waals surface area contributed by atoms with Gasteiger partial charge in [0.1, 0.15) is 16.5 Å². The molecular formula is C9H9BrF4N2O2S. The Morgan fingerprint density at radius 3 is 2.37 bits per heavy atom. The van der Waals surface area contributed by atoms with Crippen LogP contribution in [0, 0.1) is 11.6 Å². The Morgan fingerprint density at radius 2 is 1.89 bits per heavy atom. The van der Waals surface area contributed by atoms with Crippen molar-refractivity contribution in [2.24, 2.45) is 5.73 Å². The Balaban J connectivity index is 3.09. The maximum atomic E-state index is 13.4. The first-order valence-electron chi connectivity index (χ1n) is 4.81. The molecule has 10 heteroatoms. The predicted molar refractivity (Wildman–Crippen MR) is 63.2 cm³/mol. The van der Waals surface area contributed by atoms with E-state index in [0.717, 1.165) is 0 Å². The number of alkyl halides is 2. The molecule has 0 heterocycles. The van der Waals surface area contributed by atoms with E-state index >= 15 is 0 Å². The molecule has 1 aromatic rings. The van der Waals surface area contributed by atoms with Gasteiger partial charge in [-0.3, -0.25) is 0 Å². The molecule has 0 aromatic heterocycles. The molecule has 0 saturated carbocycles. The minimum atomic E-state index is -4.56. The lowest BCUT2D eigenvalue weighted by atomic mass is 10.3. The normalized spacial score (nSPS) is 12.7. The fraction of sp³-hybridized carbons (Fsp3) is 0.333. The molecule has 0 saturated heterocycles. The number of nitrogens with two attached hydrogens (primary N) is 1. The zero-order valence-electron chi connectivity index (χ0n) is 9.26. The van der Waals surface area contributed by atoms with Gasteiger partial charge in [-0.25, -0.2) is 30.7 Å². The van der Waals surface area contributed by atoms with Crippen molar-refractivity contribution in [3.8, 4) is 0 Å². The van der Waals surface area contributed by atoms with Crippen LogP contribution in [-0.2, 0) is 10.0 Å². The smallest absolute Gasteiger partial charge is 0.273 e. The molecule has 0 bridgehead atoms. The third-order valence-electron chi connectivity index (χ3n) is 2.05. The Morgan fingerprint density at radius 1 is 1.32 bits per heavy atom. The summed E-state index contributed by atoms with van der Waals surface area (Å²) in [5.74, 6) is -5.86. The van der Waals surface area contributed by atoms with Crippen molar-refractivity contribution in [2.75, 3.05) is 13.1 Å². The topological polar surface area (TPSA) is 72.2 Å². The first kappa shape index (κ1) is 16.3. The van der Waals surface area contributed by atoms with Crippen molar-refractivity contribution in [1.82, 2.24) is 4.72 Å². The van der Waals surface area contributed by atoms with Crippen molar-refractivity contribution >= 4 is 26.0 Å². The standard InChI is InChI=1S/C9H9BrF4N2O2S/c10-6-1-5(11)2-7(12)8(6)19(17,18)16-4-9(13,14)3-15/h1-2,16H,3-4,15H2. The summed E-state index contributed by atoms with van der Waals surface area (Å²) in [6, 6.07) is 1.04. The van der Waals surface area contributed by atoms with Crippen LogP contribution in [0.25, 0.3) is 0 Å². The maximum Gasteiger partial charge on any atom is 0.273 e. The van der Waals surface area contributed by atoms with E-state index in [1.165, 1.54) is 4.72 Å². The molecule has 0 spiro atoms. The average molecular weight is 365 g/mol. The molecular weight excluding hydrogens is 356 g/mol. The van der Waals surface area contributed by atoms with Gasteiger partial charge < -0.3 is 5.73 Å². The summed E-state index contributed by atoms with van der Waals surface area (Å²) in [7, 11) is -4.56. The largest absolute Gasteiger partial charge is 0.325 e. The van der Waals surface area contributed by atoms with Crippen LogP contribution in [0.15, 0.2) is 21.5 Å². The molecule has 0 fully saturated rings. The highest BCUT2D eigenvalue weighted by molar-refractivity contribution is 9.10. The monoisotopic (exact) mass is 364 g/mol. The van der Waals surface area contributed by atoms with E-state index in [1.54, 1.807) is 0 Å². The van der Waals surface area contributed by atoms with Gasteiger partial charge >= 0.3 is 0 Å². The van der Waals surface area contributed by atoms with Gasteiger partial charge in [0.25, 0.3) is 5.92 Å². The summed E-state index contributed by atoms with van der Waals surface area (Å²) in [5.41, 5.74) is 4.74. The van der Waals surface area contributed by atoms with Crippen molar-refractivity contribution in [3.05, 3.63) is 28.2 Å². The highest BCUT2D eigenvalue weighted by Gasteiger charge is 2.31. The molecule has 0 aliphatic heterocycles. The van der Waals surface area contributed by atoms with Crippen molar-refractivity contribution in [3.63, 3.8) is 0 Å². The highest BCUT2D eigenvalue weighted by Crippen LogP contribution is 2.26. The molecule has 0 aliphatic carbocycles. The Bertz CT molecular complexity index is 557. The lowest BCUT2D eigenvalue weighted by Crippen LogP contribution is -2.41. The quantitative estimate of drug-likeness (QED) is 0.779. The zero-order chi connectivity index (χ0) is 14.8. The van der Waals surface area contributed by atoms with Crippen LogP contribution in [0.2, 0.25) is 0 Å². The second-order valence-electron chi connectivity index (χ2n) is 3.58. The molecule has 0 atom stereocenters. The van der Waals surface area contributed by atoms with Gasteiger partial charge in [-0.2, -0.15) is 0 Å². The summed E-state index contributed by atoms with van der Waals surface area (Å²) in [6.07, 6.45) is 0. The molecule has 19 heavy (non-hydrogen) atoms. The van der Waals surface area contributed by atoms with Crippen molar-refractivity contribution in [2.45, 2.75) is 10.8 Å². The number of rotatable bonds is 5. The van der Waals surface area contributed by atoms with Crippen LogP contribution in [0.3, 0.4) is 0 Å². The number of sulfonamides is 1. The van der Waals surface area contributed by atoms with Gasteiger partial charge in [-0.1, -0.05) is 0 Å². The molecule has 0 aliphatic rings. The number of benzene rings is 1. The minimum absolute atomic E-state index is 0.334. The summed E-state index contributed by atoms with van der Waals surface area (Å²) in [4.78, 5) is -0.943. The van der Waals surface area contributed by atoms with Crippen LogP contribution >= 0.6 is 15.9 Å². The second-order valence-corrected chi connectivity index (χ2v) is 6.14. The third kappa shape index (κ3) is 4.13.